The average Bonchev–Trinajstić information content (AvgIpc) is 2.57. The van der Waals surface area contributed by atoms with Crippen LogP contribution < -0.4 is 0 Å². The van der Waals surface area contributed by atoms with E-state index in [0.29, 0.717) is 5.56 Å². The topological polar surface area (TPSA) is 57.6 Å². The van der Waals surface area contributed by atoms with Gasteiger partial charge >= 0.3 is 5.97 Å². The van der Waals surface area contributed by atoms with Crippen molar-refractivity contribution in [1.82, 2.24) is 4.90 Å². The maximum atomic E-state index is 13.7. The fourth-order valence-corrected chi connectivity index (χ4v) is 2.52. The molecule has 0 spiro atoms. The minimum absolute atomic E-state index is 0.0156. The molecular formula is C19H19F2NO3. The van der Waals surface area contributed by atoms with Crippen molar-refractivity contribution in [3.63, 3.8) is 0 Å². The van der Waals surface area contributed by atoms with Crippen LogP contribution in [0.4, 0.5) is 8.78 Å². The van der Waals surface area contributed by atoms with Crippen LogP contribution in [0.3, 0.4) is 0 Å². The van der Waals surface area contributed by atoms with Gasteiger partial charge in [0, 0.05) is 18.7 Å². The summed E-state index contributed by atoms with van der Waals surface area (Å²) < 4.78 is 27.5. The van der Waals surface area contributed by atoms with Gasteiger partial charge in [0.05, 0.1) is 12.0 Å². The van der Waals surface area contributed by atoms with E-state index in [1.807, 2.05) is 0 Å². The molecule has 1 amide bonds. The predicted octanol–water partition coefficient (Wildman–Crippen LogP) is 3.30. The van der Waals surface area contributed by atoms with E-state index in [4.69, 9.17) is 5.11 Å². The molecule has 2 aromatic rings. The van der Waals surface area contributed by atoms with E-state index >= 15 is 0 Å². The Labute approximate surface area is 144 Å². The van der Waals surface area contributed by atoms with Gasteiger partial charge in [-0.05, 0) is 43.2 Å². The summed E-state index contributed by atoms with van der Waals surface area (Å²) in [6, 6.07) is 9.38. The Morgan fingerprint density at radius 2 is 1.72 bits per heavy atom. The van der Waals surface area contributed by atoms with Crippen molar-refractivity contribution in [3.05, 3.63) is 70.8 Å². The summed E-state index contributed by atoms with van der Waals surface area (Å²) >= 11 is 0. The summed E-state index contributed by atoms with van der Waals surface area (Å²) in [5.41, 5.74) is 0.623. The molecule has 0 aliphatic heterocycles. The maximum absolute atomic E-state index is 13.7. The number of carboxylic acid groups (broad SMARTS) is 1. The van der Waals surface area contributed by atoms with Crippen LogP contribution in [0.1, 0.15) is 28.4 Å². The molecule has 0 unspecified atom stereocenters. The van der Waals surface area contributed by atoms with Crippen LogP contribution in [-0.2, 0) is 17.6 Å². The van der Waals surface area contributed by atoms with E-state index < -0.39 is 23.6 Å². The van der Waals surface area contributed by atoms with Crippen molar-refractivity contribution in [2.24, 2.45) is 0 Å². The predicted molar refractivity (Wildman–Crippen MR) is 89.4 cm³/mol. The van der Waals surface area contributed by atoms with Crippen molar-refractivity contribution in [3.8, 4) is 0 Å². The Morgan fingerprint density at radius 3 is 2.32 bits per heavy atom. The molecule has 132 valence electrons. The zero-order chi connectivity index (χ0) is 18.6. The number of hydrogen-bond donors (Lipinski definition) is 1. The summed E-state index contributed by atoms with van der Waals surface area (Å²) in [5.74, 6) is -2.60. The number of rotatable bonds is 6. The number of amides is 1. The van der Waals surface area contributed by atoms with Crippen LogP contribution in [0, 0.1) is 11.6 Å². The smallest absolute Gasteiger partial charge is 0.335 e. The number of benzene rings is 2. The molecule has 0 radical (unpaired) electrons. The van der Waals surface area contributed by atoms with E-state index in [1.54, 1.807) is 26.1 Å². The number of halogens is 2. The minimum Gasteiger partial charge on any atom is -0.478 e. The molecule has 2 aromatic carbocycles. The van der Waals surface area contributed by atoms with E-state index in [9.17, 15) is 18.4 Å². The first-order valence-corrected chi connectivity index (χ1v) is 7.80. The fourth-order valence-electron chi connectivity index (χ4n) is 2.52. The first-order valence-electron chi connectivity index (χ1n) is 7.80. The number of carbonyl (C=O) groups is 2. The van der Waals surface area contributed by atoms with E-state index in [0.717, 1.165) is 0 Å². The molecule has 0 saturated carbocycles. The number of carboxylic acids is 1. The molecule has 0 aliphatic rings. The molecule has 1 N–H and O–H groups in total. The molecule has 6 heteroatoms. The van der Waals surface area contributed by atoms with Gasteiger partial charge in [0.2, 0.25) is 5.91 Å². The minimum atomic E-state index is -1.06. The van der Waals surface area contributed by atoms with Crippen LogP contribution >= 0.6 is 0 Å². The molecule has 25 heavy (non-hydrogen) atoms. The quantitative estimate of drug-likeness (QED) is 0.872. The monoisotopic (exact) mass is 347 g/mol. The second kappa shape index (κ2) is 7.88. The third kappa shape index (κ3) is 4.62. The largest absolute Gasteiger partial charge is 0.478 e. The molecule has 0 heterocycles. The van der Waals surface area contributed by atoms with Gasteiger partial charge in [0.15, 0.2) is 0 Å². The lowest BCUT2D eigenvalue weighted by atomic mass is 10.0. The molecule has 0 fully saturated rings. The highest BCUT2D eigenvalue weighted by molar-refractivity contribution is 5.88. The van der Waals surface area contributed by atoms with E-state index in [1.165, 1.54) is 35.2 Å². The Balaban J connectivity index is 2.06. The summed E-state index contributed by atoms with van der Waals surface area (Å²) in [7, 11) is 1.56. The fraction of sp³-hybridized carbons (Fsp3) is 0.263. The van der Waals surface area contributed by atoms with Gasteiger partial charge < -0.3 is 10.0 Å². The Hall–Kier alpha value is -2.76. The lowest BCUT2D eigenvalue weighted by Crippen LogP contribution is -2.37. The van der Waals surface area contributed by atoms with Crippen molar-refractivity contribution in [2.75, 3.05) is 7.05 Å². The van der Waals surface area contributed by atoms with Gasteiger partial charge in [-0.15, -0.1) is 0 Å². The zero-order valence-corrected chi connectivity index (χ0v) is 14.0. The second-order valence-electron chi connectivity index (χ2n) is 5.94. The summed E-state index contributed by atoms with van der Waals surface area (Å²) in [6.07, 6.45) is 0.0671. The van der Waals surface area contributed by atoms with Crippen molar-refractivity contribution < 1.29 is 23.5 Å². The van der Waals surface area contributed by atoms with Gasteiger partial charge in [-0.3, -0.25) is 4.79 Å². The van der Waals surface area contributed by atoms with Crippen molar-refractivity contribution in [2.45, 2.75) is 25.8 Å². The first kappa shape index (κ1) is 18.6. The van der Waals surface area contributed by atoms with E-state index in [-0.39, 0.29) is 29.9 Å². The Morgan fingerprint density at radius 1 is 1.12 bits per heavy atom. The molecular weight excluding hydrogens is 328 g/mol. The van der Waals surface area contributed by atoms with Crippen LogP contribution in [-0.4, -0.2) is 35.0 Å². The normalized spacial score (nSPS) is 11.8. The van der Waals surface area contributed by atoms with Gasteiger partial charge in [0.25, 0.3) is 0 Å². The number of likely N-dealkylation sites (N-methyl/N-ethyl adjacent to an activating group) is 1. The molecule has 1 atom stereocenters. The molecule has 0 aliphatic carbocycles. The number of hydrogen-bond acceptors (Lipinski definition) is 2. The second-order valence-corrected chi connectivity index (χ2v) is 5.94. The SMILES string of the molecule is C[C@@H](Cc1c(F)cccc1F)N(C)C(=O)Cc1cccc(C(=O)O)c1. The van der Waals surface area contributed by atoms with Gasteiger partial charge in [-0.1, -0.05) is 18.2 Å². The molecule has 4 nitrogen and oxygen atoms in total. The zero-order valence-electron chi connectivity index (χ0n) is 14.0. The highest BCUT2D eigenvalue weighted by Gasteiger charge is 2.20. The number of aromatic carboxylic acids is 1. The lowest BCUT2D eigenvalue weighted by molar-refractivity contribution is -0.130. The Bertz CT molecular complexity index is 772. The highest BCUT2D eigenvalue weighted by atomic mass is 19.1. The Kier molecular flexibility index (Phi) is 5.85. The van der Waals surface area contributed by atoms with Gasteiger partial charge in [-0.25, -0.2) is 13.6 Å². The van der Waals surface area contributed by atoms with Gasteiger partial charge in [0.1, 0.15) is 11.6 Å². The van der Waals surface area contributed by atoms with E-state index in [2.05, 4.69) is 0 Å². The van der Waals surface area contributed by atoms with Crippen molar-refractivity contribution in [1.29, 1.82) is 0 Å². The van der Waals surface area contributed by atoms with Crippen LogP contribution in [0.25, 0.3) is 0 Å². The molecule has 0 saturated heterocycles. The number of nitrogens with zero attached hydrogens (tertiary/aromatic N) is 1. The molecule has 2 rings (SSSR count). The summed E-state index contributed by atoms with van der Waals surface area (Å²) in [5, 5.41) is 8.99. The standard InChI is InChI=1S/C19H19F2NO3/c1-12(9-15-16(20)7-4-8-17(15)21)22(2)18(23)11-13-5-3-6-14(10-13)19(24)25/h3-8,10,12H,9,11H2,1-2H3,(H,24,25)/t12-/m0/s1. The van der Waals surface area contributed by atoms with Crippen LogP contribution in [0.15, 0.2) is 42.5 Å². The number of carbonyl (C=O) groups excluding carboxylic acids is 1. The average molecular weight is 347 g/mol. The summed E-state index contributed by atoms with van der Waals surface area (Å²) in [6.45, 7) is 1.71. The third-order valence-electron chi connectivity index (χ3n) is 4.15. The third-order valence-corrected chi connectivity index (χ3v) is 4.15. The highest BCUT2D eigenvalue weighted by Crippen LogP contribution is 2.17. The lowest BCUT2D eigenvalue weighted by Gasteiger charge is -2.25. The maximum Gasteiger partial charge on any atom is 0.335 e. The van der Waals surface area contributed by atoms with Crippen LogP contribution in [0.5, 0.6) is 0 Å². The van der Waals surface area contributed by atoms with Crippen LogP contribution in [0.2, 0.25) is 0 Å². The molecule has 0 aromatic heterocycles. The van der Waals surface area contributed by atoms with Gasteiger partial charge in [-0.2, -0.15) is 0 Å². The summed E-state index contributed by atoms with van der Waals surface area (Å²) in [4.78, 5) is 24.8. The van der Waals surface area contributed by atoms with Crippen molar-refractivity contribution >= 4 is 11.9 Å². The molecule has 0 bridgehead atoms. The first-order chi connectivity index (χ1) is 11.8.